The van der Waals surface area contributed by atoms with Crippen molar-refractivity contribution in [3.63, 3.8) is 0 Å². The molecule has 20 heavy (non-hydrogen) atoms. The van der Waals surface area contributed by atoms with Crippen LogP contribution in [0.5, 0.6) is 0 Å². The molecule has 1 aliphatic heterocycles. The Labute approximate surface area is 127 Å². The number of aryl methyl sites for hydroxylation is 2. The molecule has 3 rings (SSSR count). The Hall–Kier alpha value is -0.540. The molecule has 0 N–H and O–H groups in total. The number of aromatic nitrogens is 2. The summed E-state index contributed by atoms with van der Waals surface area (Å²) in [6.45, 7) is 5.48. The largest absolute Gasteiger partial charge is 0.299 e. The molecule has 2 fully saturated rings. The number of piperidine rings is 1. The first kappa shape index (κ1) is 14.4. The Morgan fingerprint density at radius 3 is 2.30 bits per heavy atom. The number of rotatable bonds is 2. The van der Waals surface area contributed by atoms with Crippen LogP contribution in [0.4, 0.5) is 0 Å². The fourth-order valence-electron chi connectivity index (χ4n) is 4.06. The van der Waals surface area contributed by atoms with Crippen molar-refractivity contribution in [2.24, 2.45) is 12.5 Å². The maximum Gasteiger partial charge on any atom is 0.131 e. The fourth-order valence-corrected chi connectivity index (χ4v) is 4.30. The molecule has 0 atom stereocenters. The van der Waals surface area contributed by atoms with Crippen molar-refractivity contribution < 1.29 is 0 Å². The highest BCUT2D eigenvalue weighted by molar-refractivity contribution is 6.30. The van der Waals surface area contributed by atoms with Crippen LogP contribution < -0.4 is 0 Å². The molecule has 1 aromatic rings. The van der Waals surface area contributed by atoms with Crippen molar-refractivity contribution in [3.8, 4) is 0 Å². The van der Waals surface area contributed by atoms with Crippen LogP contribution in [0.15, 0.2) is 0 Å². The van der Waals surface area contributed by atoms with Gasteiger partial charge in [-0.2, -0.15) is 5.10 Å². The highest BCUT2D eigenvalue weighted by atomic mass is 35.5. The van der Waals surface area contributed by atoms with E-state index in [9.17, 15) is 0 Å². The van der Waals surface area contributed by atoms with Gasteiger partial charge in [-0.15, -0.1) is 0 Å². The van der Waals surface area contributed by atoms with Crippen LogP contribution in [0.2, 0.25) is 5.15 Å². The monoisotopic (exact) mass is 295 g/mol. The summed E-state index contributed by atoms with van der Waals surface area (Å²) in [5.41, 5.74) is 2.98. The van der Waals surface area contributed by atoms with E-state index in [0.29, 0.717) is 5.41 Å². The topological polar surface area (TPSA) is 21.1 Å². The molecule has 3 nitrogen and oxygen atoms in total. The lowest BCUT2D eigenvalue weighted by Gasteiger charge is -2.44. The minimum absolute atomic E-state index is 0.683. The SMILES string of the molecule is Cc1nn(C)c(Cl)c1CN1CCC2(CCCCC2)CC1. The summed E-state index contributed by atoms with van der Waals surface area (Å²) >= 11 is 6.35. The van der Waals surface area contributed by atoms with Gasteiger partial charge in [0.15, 0.2) is 0 Å². The molecule has 4 heteroatoms. The van der Waals surface area contributed by atoms with Gasteiger partial charge in [0, 0.05) is 19.2 Å². The lowest BCUT2D eigenvalue weighted by molar-refractivity contribution is 0.0640. The summed E-state index contributed by atoms with van der Waals surface area (Å²) in [6, 6.07) is 0. The van der Waals surface area contributed by atoms with Crippen LogP contribution in [0.25, 0.3) is 0 Å². The van der Waals surface area contributed by atoms with Gasteiger partial charge < -0.3 is 0 Å². The Morgan fingerprint density at radius 1 is 1.10 bits per heavy atom. The molecular weight excluding hydrogens is 270 g/mol. The van der Waals surface area contributed by atoms with E-state index in [-0.39, 0.29) is 0 Å². The van der Waals surface area contributed by atoms with E-state index in [1.807, 2.05) is 7.05 Å². The van der Waals surface area contributed by atoms with Gasteiger partial charge in [0.25, 0.3) is 0 Å². The van der Waals surface area contributed by atoms with E-state index in [1.54, 1.807) is 4.68 Å². The summed E-state index contributed by atoms with van der Waals surface area (Å²) in [5, 5.41) is 5.22. The van der Waals surface area contributed by atoms with Crippen LogP contribution in [-0.2, 0) is 13.6 Å². The van der Waals surface area contributed by atoms with E-state index in [0.717, 1.165) is 17.4 Å². The second-order valence-electron chi connectivity index (χ2n) is 6.82. The lowest BCUT2D eigenvalue weighted by atomic mass is 9.68. The van der Waals surface area contributed by atoms with Crippen molar-refractivity contribution >= 4 is 11.6 Å². The van der Waals surface area contributed by atoms with E-state index in [4.69, 9.17) is 11.6 Å². The van der Waals surface area contributed by atoms with Crippen molar-refractivity contribution in [1.82, 2.24) is 14.7 Å². The summed E-state index contributed by atoms with van der Waals surface area (Å²) in [4.78, 5) is 2.57. The quantitative estimate of drug-likeness (QED) is 0.824. The first-order valence-electron chi connectivity index (χ1n) is 8.00. The molecule has 112 valence electrons. The lowest BCUT2D eigenvalue weighted by Crippen LogP contribution is -2.40. The number of halogens is 1. The summed E-state index contributed by atoms with van der Waals surface area (Å²) in [5.74, 6) is 0. The van der Waals surface area contributed by atoms with Crippen LogP contribution >= 0.6 is 11.6 Å². The second kappa shape index (κ2) is 5.69. The van der Waals surface area contributed by atoms with Crippen molar-refractivity contribution in [1.29, 1.82) is 0 Å². The third-order valence-electron chi connectivity index (χ3n) is 5.48. The molecule has 2 heterocycles. The maximum absolute atomic E-state index is 6.35. The van der Waals surface area contributed by atoms with Crippen molar-refractivity contribution in [3.05, 3.63) is 16.4 Å². The molecule has 0 radical (unpaired) electrons. The van der Waals surface area contributed by atoms with Gasteiger partial charge >= 0.3 is 0 Å². The van der Waals surface area contributed by atoms with Crippen LogP contribution in [0.1, 0.15) is 56.2 Å². The second-order valence-corrected chi connectivity index (χ2v) is 7.17. The van der Waals surface area contributed by atoms with Crippen LogP contribution in [-0.4, -0.2) is 27.8 Å². The van der Waals surface area contributed by atoms with E-state index >= 15 is 0 Å². The van der Waals surface area contributed by atoms with Gasteiger partial charge in [-0.25, -0.2) is 0 Å². The Bertz CT molecular complexity index is 464. The zero-order valence-corrected chi connectivity index (χ0v) is 13.5. The van der Waals surface area contributed by atoms with Gasteiger partial charge in [0.05, 0.1) is 5.69 Å². The molecule has 0 unspecified atom stereocenters. The van der Waals surface area contributed by atoms with Gasteiger partial charge in [-0.05, 0) is 51.1 Å². The van der Waals surface area contributed by atoms with Gasteiger partial charge in [-0.3, -0.25) is 9.58 Å². The van der Waals surface area contributed by atoms with Crippen LogP contribution in [0, 0.1) is 12.3 Å². The Kier molecular flexibility index (Phi) is 4.09. The minimum Gasteiger partial charge on any atom is -0.299 e. The normalized spacial score (nSPS) is 23.4. The number of likely N-dealkylation sites (tertiary alicyclic amines) is 1. The number of hydrogen-bond acceptors (Lipinski definition) is 2. The third-order valence-corrected chi connectivity index (χ3v) is 5.96. The first-order chi connectivity index (χ1) is 9.60. The molecule has 2 aliphatic rings. The average molecular weight is 296 g/mol. The predicted octanol–water partition coefficient (Wildman–Crippen LogP) is 3.93. The molecule has 1 saturated carbocycles. The van der Waals surface area contributed by atoms with E-state index in [1.165, 1.54) is 63.6 Å². The number of hydrogen-bond donors (Lipinski definition) is 0. The molecule has 0 bridgehead atoms. The van der Waals surface area contributed by atoms with Gasteiger partial charge in [0.2, 0.25) is 0 Å². The van der Waals surface area contributed by atoms with E-state index in [2.05, 4.69) is 16.9 Å². The van der Waals surface area contributed by atoms with Crippen molar-refractivity contribution in [2.45, 2.75) is 58.4 Å². The fraction of sp³-hybridized carbons (Fsp3) is 0.812. The standard InChI is InChI=1S/C16H26ClN3/c1-13-14(15(17)19(2)18-13)12-20-10-8-16(9-11-20)6-4-3-5-7-16/h3-12H2,1-2H3. The average Bonchev–Trinajstić information content (AvgIpc) is 2.69. The summed E-state index contributed by atoms with van der Waals surface area (Å²) in [6.07, 6.45) is 10.0. The molecule has 1 spiro atoms. The van der Waals surface area contributed by atoms with Crippen LogP contribution in [0.3, 0.4) is 0 Å². The molecule has 0 aromatic carbocycles. The maximum atomic E-state index is 6.35. The van der Waals surface area contributed by atoms with Gasteiger partial charge in [-0.1, -0.05) is 30.9 Å². The molecule has 1 aromatic heterocycles. The predicted molar refractivity (Wildman–Crippen MR) is 83.0 cm³/mol. The molecule has 1 aliphatic carbocycles. The highest BCUT2D eigenvalue weighted by Crippen LogP contribution is 2.44. The Balaban J connectivity index is 1.61. The highest BCUT2D eigenvalue weighted by Gasteiger charge is 2.35. The smallest absolute Gasteiger partial charge is 0.131 e. The third kappa shape index (κ3) is 2.75. The molecule has 0 amide bonds. The number of nitrogens with zero attached hydrogens (tertiary/aromatic N) is 3. The first-order valence-corrected chi connectivity index (χ1v) is 8.38. The Morgan fingerprint density at radius 2 is 1.75 bits per heavy atom. The van der Waals surface area contributed by atoms with Gasteiger partial charge in [0.1, 0.15) is 5.15 Å². The zero-order chi connectivity index (χ0) is 14.2. The summed E-state index contributed by atoms with van der Waals surface area (Å²) < 4.78 is 1.79. The van der Waals surface area contributed by atoms with E-state index < -0.39 is 0 Å². The minimum atomic E-state index is 0.683. The zero-order valence-electron chi connectivity index (χ0n) is 12.8. The molecular formula is C16H26ClN3. The molecule has 1 saturated heterocycles. The summed E-state index contributed by atoms with van der Waals surface area (Å²) in [7, 11) is 1.92. The van der Waals surface area contributed by atoms with Crippen molar-refractivity contribution in [2.75, 3.05) is 13.1 Å².